The monoisotopic (exact) mass is 181 g/mol. The third kappa shape index (κ3) is 3.55. The molecule has 0 aliphatic heterocycles. The van der Waals surface area contributed by atoms with E-state index in [2.05, 4.69) is 19.2 Å². The fraction of sp³-hybridized carbons (Fsp3) is 0.455. The smallest absolute Gasteiger partial charge is 0.123 e. The summed E-state index contributed by atoms with van der Waals surface area (Å²) in [5.74, 6) is -0.152. The predicted octanol–water partition coefficient (Wildman–Crippen LogP) is 2.63. The number of hydrogen-bond donors (Lipinski definition) is 1. The minimum absolute atomic E-state index is 0.152. The minimum atomic E-state index is -0.152. The van der Waals surface area contributed by atoms with Crippen molar-refractivity contribution in [3.8, 4) is 0 Å². The summed E-state index contributed by atoms with van der Waals surface area (Å²) >= 11 is 0. The normalized spacial score (nSPS) is 10.8. The molecule has 0 saturated heterocycles. The molecule has 1 nitrogen and oxygen atoms in total. The van der Waals surface area contributed by atoms with Gasteiger partial charge >= 0.3 is 0 Å². The quantitative estimate of drug-likeness (QED) is 0.755. The molecule has 0 spiro atoms. The summed E-state index contributed by atoms with van der Waals surface area (Å²) < 4.78 is 12.9. The topological polar surface area (TPSA) is 12.0 Å². The number of rotatable bonds is 3. The third-order valence-corrected chi connectivity index (χ3v) is 1.82. The summed E-state index contributed by atoms with van der Waals surface area (Å²) in [7, 11) is 0. The second-order valence-corrected chi connectivity index (χ2v) is 3.67. The first kappa shape index (κ1) is 10.2. The van der Waals surface area contributed by atoms with Crippen LogP contribution in [0.15, 0.2) is 18.2 Å². The average Bonchev–Trinajstić information content (AvgIpc) is 1.99. The van der Waals surface area contributed by atoms with Crippen LogP contribution in [0.5, 0.6) is 0 Å². The van der Waals surface area contributed by atoms with Crippen molar-refractivity contribution < 1.29 is 4.39 Å². The first-order valence-electron chi connectivity index (χ1n) is 4.57. The van der Waals surface area contributed by atoms with Crippen molar-refractivity contribution in [1.29, 1.82) is 0 Å². The summed E-state index contributed by atoms with van der Waals surface area (Å²) in [5.41, 5.74) is 1.98. The lowest BCUT2D eigenvalue weighted by Crippen LogP contribution is -2.21. The zero-order valence-corrected chi connectivity index (χ0v) is 8.39. The second-order valence-electron chi connectivity index (χ2n) is 3.67. The van der Waals surface area contributed by atoms with E-state index < -0.39 is 0 Å². The van der Waals surface area contributed by atoms with Crippen LogP contribution in [0.4, 0.5) is 4.39 Å². The summed E-state index contributed by atoms with van der Waals surface area (Å²) in [6.07, 6.45) is 0. The molecule has 0 amide bonds. The SMILES string of the molecule is Cc1cc(F)cc(CNC(C)C)c1. The molecular formula is C11H16FN. The Balaban J connectivity index is 2.66. The Kier molecular flexibility index (Phi) is 3.43. The molecule has 2 heteroatoms. The van der Waals surface area contributed by atoms with Crippen molar-refractivity contribution in [3.63, 3.8) is 0 Å². The van der Waals surface area contributed by atoms with Crippen LogP contribution in [-0.4, -0.2) is 6.04 Å². The van der Waals surface area contributed by atoms with Crippen LogP contribution in [0.25, 0.3) is 0 Å². The molecule has 13 heavy (non-hydrogen) atoms. The van der Waals surface area contributed by atoms with Crippen molar-refractivity contribution >= 4 is 0 Å². The van der Waals surface area contributed by atoms with E-state index in [4.69, 9.17) is 0 Å². The summed E-state index contributed by atoms with van der Waals surface area (Å²) in [6.45, 7) is 6.79. The van der Waals surface area contributed by atoms with Crippen LogP contribution in [-0.2, 0) is 6.54 Å². The minimum Gasteiger partial charge on any atom is -0.310 e. The van der Waals surface area contributed by atoms with Crippen molar-refractivity contribution in [3.05, 3.63) is 35.1 Å². The molecule has 1 aromatic rings. The molecule has 0 aliphatic rings. The molecule has 0 radical (unpaired) electrons. The Morgan fingerprint density at radius 1 is 1.31 bits per heavy atom. The van der Waals surface area contributed by atoms with Gasteiger partial charge in [0.1, 0.15) is 5.82 Å². The fourth-order valence-corrected chi connectivity index (χ4v) is 1.24. The van der Waals surface area contributed by atoms with Gasteiger partial charge in [-0.15, -0.1) is 0 Å². The second kappa shape index (κ2) is 4.38. The van der Waals surface area contributed by atoms with Gasteiger partial charge in [-0.2, -0.15) is 0 Å². The van der Waals surface area contributed by atoms with Crippen molar-refractivity contribution in [1.82, 2.24) is 5.32 Å². The molecule has 72 valence electrons. The number of nitrogens with one attached hydrogen (secondary N) is 1. The number of benzene rings is 1. The summed E-state index contributed by atoms with van der Waals surface area (Å²) in [4.78, 5) is 0. The van der Waals surface area contributed by atoms with E-state index in [0.717, 1.165) is 17.7 Å². The molecule has 0 aliphatic carbocycles. The van der Waals surface area contributed by atoms with E-state index >= 15 is 0 Å². The molecule has 0 saturated carbocycles. The lowest BCUT2D eigenvalue weighted by molar-refractivity contribution is 0.581. The van der Waals surface area contributed by atoms with Gasteiger partial charge in [0.25, 0.3) is 0 Å². The largest absolute Gasteiger partial charge is 0.310 e. The van der Waals surface area contributed by atoms with E-state index in [0.29, 0.717) is 6.04 Å². The van der Waals surface area contributed by atoms with Crippen molar-refractivity contribution in [2.45, 2.75) is 33.4 Å². The molecule has 0 atom stereocenters. The molecule has 1 aromatic carbocycles. The Morgan fingerprint density at radius 2 is 2.00 bits per heavy atom. The van der Waals surface area contributed by atoms with Gasteiger partial charge in [-0.3, -0.25) is 0 Å². The zero-order chi connectivity index (χ0) is 9.84. The average molecular weight is 181 g/mol. The van der Waals surface area contributed by atoms with E-state index in [1.165, 1.54) is 0 Å². The number of halogens is 1. The molecule has 1 N–H and O–H groups in total. The van der Waals surface area contributed by atoms with Crippen molar-refractivity contribution in [2.75, 3.05) is 0 Å². The highest BCUT2D eigenvalue weighted by Gasteiger charge is 1.98. The van der Waals surface area contributed by atoms with Gasteiger partial charge in [0.05, 0.1) is 0 Å². The maximum Gasteiger partial charge on any atom is 0.123 e. The van der Waals surface area contributed by atoms with Gasteiger partial charge in [-0.05, 0) is 30.2 Å². The predicted molar refractivity (Wildman–Crippen MR) is 53.1 cm³/mol. The number of aryl methyl sites for hydroxylation is 1. The Morgan fingerprint density at radius 3 is 2.54 bits per heavy atom. The van der Waals surface area contributed by atoms with Gasteiger partial charge < -0.3 is 5.32 Å². The van der Waals surface area contributed by atoms with E-state index in [9.17, 15) is 4.39 Å². The van der Waals surface area contributed by atoms with E-state index in [-0.39, 0.29) is 5.82 Å². The van der Waals surface area contributed by atoms with Gasteiger partial charge in [-0.25, -0.2) is 4.39 Å². The molecule has 0 bridgehead atoms. The number of hydrogen-bond acceptors (Lipinski definition) is 1. The Bertz CT molecular complexity index is 261. The highest BCUT2D eigenvalue weighted by molar-refractivity contribution is 5.23. The van der Waals surface area contributed by atoms with E-state index in [1.54, 1.807) is 12.1 Å². The first-order valence-corrected chi connectivity index (χ1v) is 4.57. The lowest BCUT2D eigenvalue weighted by atomic mass is 10.1. The van der Waals surface area contributed by atoms with Crippen LogP contribution >= 0.6 is 0 Å². The van der Waals surface area contributed by atoms with Gasteiger partial charge in [0, 0.05) is 12.6 Å². The molecule has 0 fully saturated rings. The highest BCUT2D eigenvalue weighted by Crippen LogP contribution is 2.08. The van der Waals surface area contributed by atoms with Gasteiger partial charge in [-0.1, -0.05) is 19.9 Å². The summed E-state index contributed by atoms with van der Waals surface area (Å²) in [6, 6.07) is 5.54. The molecule has 0 aromatic heterocycles. The summed E-state index contributed by atoms with van der Waals surface area (Å²) in [5, 5.41) is 3.25. The molecule has 0 heterocycles. The van der Waals surface area contributed by atoms with Gasteiger partial charge in [0.2, 0.25) is 0 Å². The highest BCUT2D eigenvalue weighted by atomic mass is 19.1. The van der Waals surface area contributed by atoms with E-state index in [1.807, 2.05) is 13.0 Å². The fourth-order valence-electron chi connectivity index (χ4n) is 1.24. The first-order chi connectivity index (χ1) is 6.08. The molecular weight excluding hydrogens is 165 g/mol. The third-order valence-electron chi connectivity index (χ3n) is 1.82. The van der Waals surface area contributed by atoms with Crippen LogP contribution in [0, 0.1) is 12.7 Å². The van der Waals surface area contributed by atoms with Crippen molar-refractivity contribution in [2.24, 2.45) is 0 Å². The molecule has 1 rings (SSSR count). The Labute approximate surface area is 79.0 Å². The van der Waals surface area contributed by atoms with Gasteiger partial charge in [0.15, 0.2) is 0 Å². The maximum atomic E-state index is 12.9. The lowest BCUT2D eigenvalue weighted by Gasteiger charge is -2.08. The van der Waals surface area contributed by atoms with Crippen LogP contribution in [0.1, 0.15) is 25.0 Å². The molecule has 0 unspecified atom stereocenters. The van der Waals surface area contributed by atoms with Crippen LogP contribution < -0.4 is 5.32 Å². The maximum absolute atomic E-state index is 12.9. The Hall–Kier alpha value is -0.890. The standard InChI is InChI=1S/C11H16FN/c1-8(2)13-7-10-4-9(3)5-11(12)6-10/h4-6,8,13H,7H2,1-3H3. The van der Waals surface area contributed by atoms with Crippen LogP contribution in [0.2, 0.25) is 0 Å². The van der Waals surface area contributed by atoms with Crippen LogP contribution in [0.3, 0.4) is 0 Å². The zero-order valence-electron chi connectivity index (χ0n) is 8.39.